The third-order valence-electron chi connectivity index (χ3n) is 4.91. The van der Waals surface area contributed by atoms with Crippen molar-refractivity contribution in [3.05, 3.63) is 35.4 Å². The highest BCUT2D eigenvalue weighted by atomic mass is 16.4. The lowest BCUT2D eigenvalue weighted by atomic mass is 9.73. The highest BCUT2D eigenvalue weighted by Gasteiger charge is 2.41. The summed E-state index contributed by atoms with van der Waals surface area (Å²) in [6.07, 6.45) is 2.35. The van der Waals surface area contributed by atoms with Crippen LogP contribution in [-0.2, 0) is 9.59 Å². The largest absolute Gasteiger partial charge is 0.481 e. The maximum Gasteiger partial charge on any atom is 0.307 e. The number of nitrogens with zero attached hydrogens (tertiary/aromatic N) is 1. The Hall–Kier alpha value is -2.70. The maximum atomic E-state index is 12.2. The van der Waals surface area contributed by atoms with Gasteiger partial charge in [0, 0.05) is 13.1 Å². The molecule has 2 aliphatic rings. The second kappa shape index (κ2) is 7.04. The number of carboxylic acid groups (broad SMARTS) is 1. The Bertz CT molecular complexity index is 695. The normalized spacial score (nSPS) is 21.7. The van der Waals surface area contributed by atoms with Gasteiger partial charge in [-0.3, -0.25) is 24.1 Å². The van der Waals surface area contributed by atoms with Gasteiger partial charge in [0.2, 0.25) is 5.91 Å². The van der Waals surface area contributed by atoms with Crippen LogP contribution in [0, 0.1) is 11.8 Å². The first-order valence-corrected chi connectivity index (χ1v) is 8.46. The van der Waals surface area contributed by atoms with Crippen molar-refractivity contribution in [3.8, 4) is 0 Å². The number of unbranched alkanes of at least 4 members (excludes halogenated alkanes) is 1. The molecule has 132 valence electrons. The molecule has 0 saturated heterocycles. The summed E-state index contributed by atoms with van der Waals surface area (Å²) in [6.45, 7) is 0.717. The summed E-state index contributed by atoms with van der Waals surface area (Å²) in [5.74, 6) is -2.70. The monoisotopic (exact) mass is 344 g/mol. The van der Waals surface area contributed by atoms with Crippen LogP contribution >= 0.6 is 0 Å². The first-order chi connectivity index (χ1) is 12.0. The number of carbonyl (C=O) groups excluding carboxylic acids is 3. The van der Waals surface area contributed by atoms with Gasteiger partial charge in [0.15, 0.2) is 0 Å². The molecular formula is C18H20N2O5. The number of amides is 3. The summed E-state index contributed by atoms with van der Waals surface area (Å²) in [5, 5.41) is 11.7. The molecule has 1 fully saturated rings. The van der Waals surface area contributed by atoms with Crippen molar-refractivity contribution in [2.24, 2.45) is 11.8 Å². The number of rotatable bonds is 7. The quantitative estimate of drug-likeness (QED) is 0.573. The minimum absolute atomic E-state index is 0.223. The lowest BCUT2D eigenvalue weighted by Gasteiger charge is -2.31. The van der Waals surface area contributed by atoms with Crippen LogP contribution in [0.3, 0.4) is 0 Å². The van der Waals surface area contributed by atoms with Crippen LogP contribution in [0.5, 0.6) is 0 Å². The zero-order valence-electron chi connectivity index (χ0n) is 13.7. The fourth-order valence-electron chi connectivity index (χ4n) is 3.29. The number of imide groups is 1. The highest BCUT2D eigenvalue weighted by molar-refractivity contribution is 6.21. The maximum absolute atomic E-state index is 12.2. The molecule has 1 aliphatic carbocycles. The predicted molar refractivity (Wildman–Crippen MR) is 87.9 cm³/mol. The van der Waals surface area contributed by atoms with Gasteiger partial charge in [0.1, 0.15) is 0 Å². The molecule has 3 rings (SSSR count). The molecule has 3 amide bonds. The number of hydrogen-bond donors (Lipinski definition) is 2. The lowest BCUT2D eigenvalue weighted by Crippen LogP contribution is -2.44. The van der Waals surface area contributed by atoms with Gasteiger partial charge in [-0.05, 0) is 37.8 Å². The minimum atomic E-state index is -0.919. The Morgan fingerprint density at radius 2 is 1.64 bits per heavy atom. The van der Waals surface area contributed by atoms with E-state index in [1.54, 1.807) is 24.3 Å². The van der Waals surface area contributed by atoms with Crippen LogP contribution in [0.25, 0.3) is 0 Å². The third kappa shape index (κ3) is 3.26. The number of fused-ring (bicyclic) bond motifs is 1. The van der Waals surface area contributed by atoms with Gasteiger partial charge in [0.05, 0.1) is 23.0 Å². The fraction of sp³-hybridized carbons (Fsp3) is 0.444. The Morgan fingerprint density at radius 1 is 1.04 bits per heavy atom. The number of nitrogens with one attached hydrogen (secondary N) is 1. The molecule has 1 aliphatic heterocycles. The molecule has 0 spiro atoms. The molecule has 0 aromatic heterocycles. The lowest BCUT2D eigenvalue weighted by molar-refractivity contribution is -0.152. The van der Waals surface area contributed by atoms with Crippen LogP contribution in [0.4, 0.5) is 0 Å². The average molecular weight is 344 g/mol. The van der Waals surface area contributed by atoms with Crippen molar-refractivity contribution in [1.29, 1.82) is 0 Å². The highest BCUT2D eigenvalue weighted by Crippen LogP contribution is 2.34. The van der Waals surface area contributed by atoms with E-state index in [1.165, 1.54) is 4.90 Å². The summed E-state index contributed by atoms with van der Waals surface area (Å²) in [5.41, 5.74) is 0.871. The molecule has 7 nitrogen and oxygen atoms in total. The summed E-state index contributed by atoms with van der Waals surface area (Å²) in [7, 11) is 0. The molecular weight excluding hydrogens is 324 g/mol. The number of aliphatic carboxylic acids is 1. The Morgan fingerprint density at radius 3 is 2.16 bits per heavy atom. The number of benzene rings is 1. The van der Waals surface area contributed by atoms with Crippen molar-refractivity contribution in [1.82, 2.24) is 10.2 Å². The zero-order chi connectivity index (χ0) is 18.0. The number of carboxylic acids is 1. The molecule has 2 N–H and O–H groups in total. The van der Waals surface area contributed by atoms with E-state index in [9.17, 15) is 19.2 Å². The fourth-order valence-corrected chi connectivity index (χ4v) is 3.29. The first kappa shape index (κ1) is 17.1. The summed E-state index contributed by atoms with van der Waals surface area (Å²) < 4.78 is 0. The molecule has 1 saturated carbocycles. The third-order valence-corrected chi connectivity index (χ3v) is 4.91. The van der Waals surface area contributed by atoms with E-state index in [4.69, 9.17) is 5.11 Å². The Labute approximate surface area is 145 Å². The zero-order valence-corrected chi connectivity index (χ0v) is 13.7. The van der Waals surface area contributed by atoms with Gasteiger partial charge in [-0.2, -0.15) is 0 Å². The molecule has 1 heterocycles. The first-order valence-electron chi connectivity index (χ1n) is 8.46. The van der Waals surface area contributed by atoms with Crippen LogP contribution in [0.2, 0.25) is 0 Å². The van der Waals surface area contributed by atoms with E-state index in [2.05, 4.69) is 5.32 Å². The van der Waals surface area contributed by atoms with Gasteiger partial charge in [-0.25, -0.2) is 0 Å². The molecule has 25 heavy (non-hydrogen) atoms. The summed E-state index contributed by atoms with van der Waals surface area (Å²) in [6, 6.07) is 6.75. The number of hydrogen-bond acceptors (Lipinski definition) is 4. The topological polar surface area (TPSA) is 104 Å². The van der Waals surface area contributed by atoms with Gasteiger partial charge < -0.3 is 10.4 Å². The minimum Gasteiger partial charge on any atom is -0.481 e. The van der Waals surface area contributed by atoms with Crippen molar-refractivity contribution in [2.75, 3.05) is 13.1 Å². The van der Waals surface area contributed by atoms with Crippen molar-refractivity contribution in [2.45, 2.75) is 25.7 Å². The van der Waals surface area contributed by atoms with Crippen LogP contribution < -0.4 is 5.32 Å². The molecule has 7 heteroatoms. The summed E-state index contributed by atoms with van der Waals surface area (Å²) >= 11 is 0. The second-order valence-corrected chi connectivity index (χ2v) is 6.43. The summed E-state index contributed by atoms with van der Waals surface area (Å²) in [4.78, 5) is 48.5. The Kier molecular flexibility index (Phi) is 4.83. The van der Waals surface area contributed by atoms with Gasteiger partial charge in [-0.1, -0.05) is 12.1 Å². The molecule has 1 aromatic carbocycles. The Balaban J connectivity index is 1.40. The number of carbonyl (C=O) groups is 4. The van der Waals surface area contributed by atoms with E-state index in [0.29, 0.717) is 49.9 Å². The standard InChI is InChI=1S/C18H20N2O5/c21-15(11-7-8-14(11)18(24)25)19-9-3-4-10-20-16(22)12-5-1-2-6-13(12)17(20)23/h1-2,5-6,11,14H,3-4,7-10H2,(H,19,21)(H,24,25). The molecule has 1 aromatic rings. The van der Waals surface area contributed by atoms with E-state index in [1.807, 2.05) is 0 Å². The van der Waals surface area contributed by atoms with Gasteiger partial charge in [0.25, 0.3) is 11.8 Å². The van der Waals surface area contributed by atoms with Crippen molar-refractivity contribution in [3.63, 3.8) is 0 Å². The van der Waals surface area contributed by atoms with Crippen LogP contribution in [0.15, 0.2) is 24.3 Å². The molecule has 2 unspecified atom stereocenters. The van der Waals surface area contributed by atoms with E-state index in [0.717, 1.165) is 0 Å². The van der Waals surface area contributed by atoms with E-state index < -0.39 is 17.8 Å². The van der Waals surface area contributed by atoms with Crippen molar-refractivity contribution >= 4 is 23.7 Å². The van der Waals surface area contributed by atoms with Crippen LogP contribution in [-0.4, -0.2) is 46.8 Å². The predicted octanol–water partition coefficient (Wildman–Crippen LogP) is 1.29. The smallest absolute Gasteiger partial charge is 0.307 e. The van der Waals surface area contributed by atoms with Gasteiger partial charge in [-0.15, -0.1) is 0 Å². The average Bonchev–Trinajstić information content (AvgIpc) is 2.78. The molecule has 0 radical (unpaired) electrons. The van der Waals surface area contributed by atoms with E-state index >= 15 is 0 Å². The SMILES string of the molecule is O=C(O)C1CCC1C(=O)NCCCCN1C(=O)c2ccccc2C1=O. The molecule has 2 atom stereocenters. The van der Waals surface area contributed by atoms with Crippen LogP contribution in [0.1, 0.15) is 46.4 Å². The molecule has 0 bridgehead atoms. The van der Waals surface area contributed by atoms with Crippen molar-refractivity contribution < 1.29 is 24.3 Å². The van der Waals surface area contributed by atoms with Gasteiger partial charge >= 0.3 is 5.97 Å². The van der Waals surface area contributed by atoms with E-state index in [-0.39, 0.29) is 17.7 Å². The second-order valence-electron chi connectivity index (χ2n) is 6.43.